The van der Waals surface area contributed by atoms with Crippen LogP contribution in [0.1, 0.15) is 15.9 Å². The Bertz CT molecular complexity index is 599. The topological polar surface area (TPSA) is 55.1 Å². The van der Waals surface area contributed by atoms with E-state index in [0.717, 1.165) is 11.6 Å². The number of nitrogens with two attached hydrogens (primary N) is 1. The second kappa shape index (κ2) is 5.71. The van der Waals surface area contributed by atoms with Crippen LogP contribution >= 0.6 is 11.6 Å². The second-order valence-corrected chi connectivity index (χ2v) is 4.48. The number of benzene rings is 2. The van der Waals surface area contributed by atoms with E-state index in [1.807, 2.05) is 0 Å². The van der Waals surface area contributed by atoms with Crippen molar-refractivity contribution in [3.63, 3.8) is 0 Å². The van der Waals surface area contributed by atoms with Gasteiger partial charge in [-0.2, -0.15) is 0 Å². The van der Waals surface area contributed by atoms with Crippen LogP contribution < -0.4 is 11.1 Å². The molecule has 0 saturated carbocycles. The SMILES string of the molecule is Nc1ccc(CNC(=O)c2ccc(Cl)cc2F)cc1. The zero-order valence-corrected chi connectivity index (χ0v) is 10.7. The molecule has 0 aliphatic heterocycles. The Morgan fingerprint density at radius 2 is 1.89 bits per heavy atom. The molecule has 1 amide bonds. The molecule has 19 heavy (non-hydrogen) atoms. The molecule has 0 aromatic heterocycles. The van der Waals surface area contributed by atoms with Gasteiger partial charge in [-0.25, -0.2) is 4.39 Å². The Labute approximate surface area is 115 Å². The summed E-state index contributed by atoms with van der Waals surface area (Å²) in [5, 5.41) is 2.89. The van der Waals surface area contributed by atoms with Crippen LogP contribution in [0, 0.1) is 5.82 Å². The Morgan fingerprint density at radius 1 is 1.21 bits per heavy atom. The summed E-state index contributed by atoms with van der Waals surface area (Å²) in [6.45, 7) is 0.307. The van der Waals surface area contributed by atoms with Crippen LogP contribution in [0.5, 0.6) is 0 Å². The summed E-state index contributed by atoms with van der Waals surface area (Å²) in [5.41, 5.74) is 7.07. The predicted molar refractivity (Wildman–Crippen MR) is 73.4 cm³/mol. The van der Waals surface area contributed by atoms with E-state index in [1.165, 1.54) is 12.1 Å². The first-order valence-corrected chi connectivity index (χ1v) is 6.02. The largest absolute Gasteiger partial charge is 0.399 e. The molecule has 2 aromatic carbocycles. The van der Waals surface area contributed by atoms with Gasteiger partial charge < -0.3 is 11.1 Å². The summed E-state index contributed by atoms with van der Waals surface area (Å²) >= 11 is 5.63. The maximum Gasteiger partial charge on any atom is 0.254 e. The first kappa shape index (κ1) is 13.4. The highest BCUT2D eigenvalue weighted by atomic mass is 35.5. The number of anilines is 1. The number of carbonyl (C=O) groups excluding carboxylic acids is 1. The molecule has 3 nitrogen and oxygen atoms in total. The first-order valence-electron chi connectivity index (χ1n) is 5.64. The molecule has 3 N–H and O–H groups in total. The van der Waals surface area contributed by atoms with E-state index in [9.17, 15) is 9.18 Å². The minimum atomic E-state index is -0.637. The zero-order valence-electron chi connectivity index (χ0n) is 9.99. The van der Waals surface area contributed by atoms with E-state index in [1.54, 1.807) is 24.3 Å². The molecule has 0 saturated heterocycles. The van der Waals surface area contributed by atoms with Crippen LogP contribution in [0.25, 0.3) is 0 Å². The average Bonchev–Trinajstić information content (AvgIpc) is 2.37. The van der Waals surface area contributed by atoms with E-state index < -0.39 is 11.7 Å². The van der Waals surface area contributed by atoms with E-state index >= 15 is 0 Å². The monoisotopic (exact) mass is 278 g/mol. The van der Waals surface area contributed by atoms with Crippen molar-refractivity contribution >= 4 is 23.2 Å². The van der Waals surface area contributed by atoms with Gasteiger partial charge in [0.15, 0.2) is 0 Å². The third kappa shape index (κ3) is 3.45. The highest BCUT2D eigenvalue weighted by Gasteiger charge is 2.11. The van der Waals surface area contributed by atoms with Gasteiger partial charge in [0.25, 0.3) is 5.91 Å². The molecule has 98 valence electrons. The van der Waals surface area contributed by atoms with Gasteiger partial charge in [-0.05, 0) is 35.9 Å². The van der Waals surface area contributed by atoms with Gasteiger partial charge in [0, 0.05) is 17.3 Å². The summed E-state index contributed by atoms with van der Waals surface area (Å²) in [4.78, 5) is 11.8. The molecule has 0 unspecified atom stereocenters. The second-order valence-electron chi connectivity index (χ2n) is 4.05. The number of halogens is 2. The van der Waals surface area contributed by atoms with Crippen LogP contribution in [0.15, 0.2) is 42.5 Å². The highest BCUT2D eigenvalue weighted by Crippen LogP contribution is 2.14. The normalized spacial score (nSPS) is 10.2. The van der Waals surface area contributed by atoms with Crippen LogP contribution in [-0.4, -0.2) is 5.91 Å². The van der Waals surface area contributed by atoms with Gasteiger partial charge >= 0.3 is 0 Å². The molecular weight excluding hydrogens is 267 g/mol. The van der Waals surface area contributed by atoms with Crippen molar-refractivity contribution in [2.45, 2.75) is 6.54 Å². The van der Waals surface area contributed by atoms with Crippen molar-refractivity contribution in [1.82, 2.24) is 5.32 Å². The van der Waals surface area contributed by atoms with Crippen molar-refractivity contribution < 1.29 is 9.18 Å². The first-order chi connectivity index (χ1) is 9.06. The minimum Gasteiger partial charge on any atom is -0.399 e. The Kier molecular flexibility index (Phi) is 4.02. The molecule has 0 aliphatic rings. The molecule has 2 rings (SSSR count). The zero-order chi connectivity index (χ0) is 13.8. The Balaban J connectivity index is 2.03. The molecule has 0 radical (unpaired) electrons. The van der Waals surface area contributed by atoms with Crippen molar-refractivity contribution in [2.75, 3.05) is 5.73 Å². The minimum absolute atomic E-state index is 0.0279. The number of nitrogens with one attached hydrogen (secondary N) is 1. The van der Waals surface area contributed by atoms with Crippen LogP contribution in [0.3, 0.4) is 0 Å². The lowest BCUT2D eigenvalue weighted by atomic mass is 10.1. The number of nitrogen functional groups attached to an aromatic ring is 1. The summed E-state index contributed by atoms with van der Waals surface area (Å²) in [6, 6.07) is 11.0. The summed E-state index contributed by atoms with van der Waals surface area (Å²) < 4.78 is 13.5. The van der Waals surface area contributed by atoms with E-state index in [-0.39, 0.29) is 10.6 Å². The lowest BCUT2D eigenvalue weighted by Gasteiger charge is -2.06. The molecule has 0 heterocycles. The molecule has 2 aromatic rings. The van der Waals surface area contributed by atoms with E-state index in [0.29, 0.717) is 12.2 Å². The average molecular weight is 279 g/mol. The van der Waals surface area contributed by atoms with Crippen LogP contribution in [0.2, 0.25) is 5.02 Å². The lowest BCUT2D eigenvalue weighted by molar-refractivity contribution is 0.0947. The number of hydrogen-bond acceptors (Lipinski definition) is 2. The fourth-order valence-electron chi connectivity index (χ4n) is 1.59. The fraction of sp³-hybridized carbons (Fsp3) is 0.0714. The lowest BCUT2D eigenvalue weighted by Crippen LogP contribution is -2.23. The van der Waals surface area contributed by atoms with Gasteiger partial charge in [0.1, 0.15) is 5.82 Å². The van der Waals surface area contributed by atoms with Gasteiger partial charge in [0.2, 0.25) is 0 Å². The van der Waals surface area contributed by atoms with Gasteiger partial charge in [-0.3, -0.25) is 4.79 Å². The van der Waals surface area contributed by atoms with Crippen molar-refractivity contribution in [1.29, 1.82) is 0 Å². The quantitative estimate of drug-likeness (QED) is 0.848. The van der Waals surface area contributed by atoms with E-state index in [4.69, 9.17) is 17.3 Å². The molecule has 0 bridgehead atoms. The smallest absolute Gasteiger partial charge is 0.254 e. The Morgan fingerprint density at radius 3 is 2.53 bits per heavy atom. The van der Waals surface area contributed by atoms with Gasteiger partial charge in [-0.1, -0.05) is 23.7 Å². The van der Waals surface area contributed by atoms with Crippen molar-refractivity contribution in [3.8, 4) is 0 Å². The Hall–Kier alpha value is -2.07. The number of rotatable bonds is 3. The molecule has 0 aliphatic carbocycles. The molecule has 0 fully saturated rings. The molecule has 0 atom stereocenters. The highest BCUT2D eigenvalue weighted by molar-refractivity contribution is 6.30. The summed E-state index contributed by atoms with van der Waals surface area (Å²) in [5.74, 6) is -1.12. The van der Waals surface area contributed by atoms with Crippen molar-refractivity contribution in [2.24, 2.45) is 0 Å². The van der Waals surface area contributed by atoms with Crippen molar-refractivity contribution in [3.05, 3.63) is 64.4 Å². The van der Waals surface area contributed by atoms with E-state index in [2.05, 4.69) is 5.32 Å². The standard InChI is InChI=1S/C14H12ClFN2O/c15-10-3-6-12(13(16)7-10)14(19)18-8-9-1-4-11(17)5-2-9/h1-7H,8,17H2,(H,18,19). The predicted octanol–water partition coefficient (Wildman–Crippen LogP) is 2.99. The van der Waals surface area contributed by atoms with Gasteiger partial charge in [-0.15, -0.1) is 0 Å². The number of hydrogen-bond donors (Lipinski definition) is 2. The number of amides is 1. The fourth-order valence-corrected chi connectivity index (χ4v) is 1.75. The molecule has 5 heteroatoms. The summed E-state index contributed by atoms with van der Waals surface area (Å²) in [7, 11) is 0. The van der Waals surface area contributed by atoms with Gasteiger partial charge in [0.05, 0.1) is 5.56 Å². The molecule has 0 spiro atoms. The number of carbonyl (C=O) groups is 1. The third-order valence-corrected chi connectivity index (χ3v) is 2.84. The third-order valence-electron chi connectivity index (χ3n) is 2.61. The summed E-state index contributed by atoms with van der Waals surface area (Å²) in [6.07, 6.45) is 0. The molecular formula is C14H12ClFN2O. The van der Waals surface area contributed by atoms with Crippen LogP contribution in [-0.2, 0) is 6.54 Å². The van der Waals surface area contributed by atoms with Crippen LogP contribution in [0.4, 0.5) is 10.1 Å². The maximum absolute atomic E-state index is 13.5. The maximum atomic E-state index is 13.5.